The van der Waals surface area contributed by atoms with Crippen LogP contribution in [0, 0.1) is 5.92 Å². The number of aliphatic hydroxyl groups excluding tert-OH is 1. The van der Waals surface area contributed by atoms with Crippen molar-refractivity contribution in [3.63, 3.8) is 0 Å². The van der Waals surface area contributed by atoms with Crippen molar-refractivity contribution in [1.29, 1.82) is 0 Å². The Kier molecular flexibility index (Phi) is 11.2. The normalized spacial score (nSPS) is 20.6. The first-order chi connectivity index (χ1) is 28.5. The topological polar surface area (TPSA) is 121 Å². The number of fused-ring (bicyclic) bond motifs is 2. The van der Waals surface area contributed by atoms with Crippen LogP contribution < -0.4 is 25.1 Å². The number of methoxy groups -OCH3 is 2. The number of halogens is 1. The van der Waals surface area contributed by atoms with Crippen LogP contribution in [0.2, 0.25) is 18.6 Å². The molecule has 5 atom stereocenters. The van der Waals surface area contributed by atoms with Gasteiger partial charge in [0, 0.05) is 40.6 Å². The molecule has 304 valence electrons. The van der Waals surface area contributed by atoms with Gasteiger partial charge >= 0.3 is 0 Å². The number of carbonyl (C=O) groups excluding carboxylic acids is 1. The predicted molar refractivity (Wildman–Crippen MR) is 234 cm³/mol. The van der Waals surface area contributed by atoms with E-state index < -0.39 is 13.7 Å². The Morgan fingerprint density at radius 1 is 0.932 bits per heavy atom. The van der Waals surface area contributed by atoms with E-state index in [1.165, 1.54) is 12.3 Å². The van der Waals surface area contributed by atoms with Crippen LogP contribution in [-0.4, -0.2) is 65.6 Å². The Bertz CT molecular complexity index is 2530. The van der Waals surface area contributed by atoms with Crippen molar-refractivity contribution in [1.82, 2.24) is 19.6 Å². The molecule has 2 aliphatic heterocycles. The maximum atomic E-state index is 15.4. The SMILES string of the molecule is COc1ccc([Si](C)(C)[C@H]2[C@H](CCn3cc(C(CO)c4ccccc4)nn3)O[C@@]3(C(=O)N(Cc4cccc(-n5cccc(OC)c5=O)c4)c4ccc(Br)cc43)[C@@H]2C)cc1. The summed E-state index contributed by atoms with van der Waals surface area (Å²) in [6.45, 7) is 7.63. The van der Waals surface area contributed by atoms with Gasteiger partial charge in [-0.05, 0) is 77.7 Å². The second-order valence-corrected chi connectivity index (χ2v) is 21.6. The number of hydrogen-bond donors (Lipinski definition) is 1. The number of aliphatic hydroxyl groups is 1. The van der Waals surface area contributed by atoms with E-state index >= 15 is 4.79 Å². The number of ether oxygens (including phenoxy) is 3. The van der Waals surface area contributed by atoms with Crippen LogP contribution in [0.1, 0.15) is 41.6 Å². The first kappa shape index (κ1) is 40.4. The molecular weight excluding hydrogens is 827 g/mol. The predicted octanol–water partition coefficient (Wildman–Crippen LogP) is 7.19. The highest BCUT2D eigenvalue weighted by molar-refractivity contribution is 9.10. The average molecular weight is 875 g/mol. The van der Waals surface area contributed by atoms with Crippen LogP contribution in [0.25, 0.3) is 5.69 Å². The molecule has 1 spiro atoms. The van der Waals surface area contributed by atoms with Crippen LogP contribution >= 0.6 is 15.9 Å². The summed E-state index contributed by atoms with van der Waals surface area (Å²) in [5, 5.41) is 20.6. The quantitative estimate of drug-likeness (QED) is 0.121. The van der Waals surface area contributed by atoms with Gasteiger partial charge in [0.05, 0.1) is 58.8 Å². The molecule has 1 saturated heterocycles. The Balaban J connectivity index is 1.15. The minimum Gasteiger partial charge on any atom is -0.497 e. The fourth-order valence-electron chi connectivity index (χ4n) is 9.43. The molecule has 4 aromatic carbocycles. The fourth-order valence-corrected chi connectivity index (χ4v) is 13.9. The van der Waals surface area contributed by atoms with E-state index in [1.54, 1.807) is 30.0 Å². The number of nitrogens with zero attached hydrogens (tertiary/aromatic N) is 5. The molecule has 0 radical (unpaired) electrons. The lowest BCUT2D eigenvalue weighted by Gasteiger charge is -2.37. The lowest BCUT2D eigenvalue weighted by atomic mass is 9.82. The van der Waals surface area contributed by atoms with Gasteiger partial charge in [-0.25, -0.2) is 0 Å². The largest absolute Gasteiger partial charge is 0.497 e. The number of benzene rings is 4. The van der Waals surface area contributed by atoms with Crippen molar-refractivity contribution in [2.75, 3.05) is 25.7 Å². The first-order valence-corrected chi connectivity index (χ1v) is 23.7. The zero-order chi connectivity index (χ0) is 41.5. The maximum Gasteiger partial charge on any atom is 0.297 e. The summed E-state index contributed by atoms with van der Waals surface area (Å²) < 4.78 is 22.4. The van der Waals surface area contributed by atoms with Crippen LogP contribution in [-0.2, 0) is 28.2 Å². The zero-order valence-corrected chi connectivity index (χ0v) is 36.4. The van der Waals surface area contributed by atoms with Gasteiger partial charge in [-0.3, -0.25) is 18.8 Å². The molecule has 2 aliphatic rings. The van der Waals surface area contributed by atoms with Gasteiger partial charge in [0.15, 0.2) is 11.4 Å². The summed E-state index contributed by atoms with van der Waals surface area (Å²) in [5.74, 6) is 0.441. The molecular formula is C46H48BrN5O6Si. The zero-order valence-electron chi connectivity index (χ0n) is 33.8. The summed E-state index contributed by atoms with van der Waals surface area (Å²) in [6, 6.07) is 35.3. The highest BCUT2D eigenvalue weighted by Gasteiger charge is 2.66. The Hall–Kier alpha value is -5.34. The van der Waals surface area contributed by atoms with Gasteiger partial charge in [-0.1, -0.05) is 101 Å². The summed E-state index contributed by atoms with van der Waals surface area (Å²) >= 11 is 3.73. The number of amides is 1. The summed E-state index contributed by atoms with van der Waals surface area (Å²) in [7, 11) is 0.747. The van der Waals surface area contributed by atoms with Gasteiger partial charge in [0.2, 0.25) is 0 Å². The number of pyridine rings is 1. The molecule has 6 aromatic rings. The van der Waals surface area contributed by atoms with E-state index in [0.29, 0.717) is 24.3 Å². The smallest absolute Gasteiger partial charge is 0.297 e. The van der Waals surface area contributed by atoms with Gasteiger partial charge in [0.25, 0.3) is 11.5 Å². The molecule has 0 saturated carbocycles. The van der Waals surface area contributed by atoms with Crippen molar-refractivity contribution >= 4 is 40.8 Å². The van der Waals surface area contributed by atoms with E-state index in [-0.39, 0.29) is 53.8 Å². The maximum absolute atomic E-state index is 15.4. The standard InChI is InChI=1S/C46H48BrN5O6Si/c1-30-43(59(4,5)36-19-17-35(56-2)18-20-36)41(22-24-50-28-39(48-49-50)37(29-53)32-12-7-6-8-13-32)58-46(30)38-26-33(47)16-21-40(38)52(45(46)55)27-31-11-9-14-34(25-31)51-23-10-15-42(57-3)44(51)54/h6-21,23,25-26,28,30,37,41,43,53H,22,24,27,29H2,1-5H3/t30-,37?,41+,43-,46+/m1/s1. The second kappa shape index (κ2) is 16.4. The summed E-state index contributed by atoms with van der Waals surface area (Å²) in [6.07, 6.45) is 3.91. The van der Waals surface area contributed by atoms with E-state index in [9.17, 15) is 9.90 Å². The molecule has 13 heteroatoms. The molecule has 1 N–H and O–H groups in total. The van der Waals surface area contributed by atoms with Crippen LogP contribution in [0.3, 0.4) is 0 Å². The third-order valence-corrected chi connectivity index (χ3v) is 17.3. The Morgan fingerprint density at radius 3 is 2.44 bits per heavy atom. The van der Waals surface area contributed by atoms with Gasteiger partial charge in [-0.2, -0.15) is 0 Å². The Labute approximate surface area is 353 Å². The van der Waals surface area contributed by atoms with Crippen LogP contribution in [0.15, 0.2) is 131 Å². The first-order valence-electron chi connectivity index (χ1n) is 19.8. The number of aryl methyl sites for hydroxylation is 1. The number of aromatic nitrogens is 4. The third-order valence-electron chi connectivity index (χ3n) is 12.4. The Morgan fingerprint density at radius 2 is 1.71 bits per heavy atom. The van der Waals surface area contributed by atoms with Gasteiger partial charge in [-0.15, -0.1) is 5.10 Å². The highest BCUT2D eigenvalue weighted by atomic mass is 79.9. The molecule has 1 unspecified atom stereocenters. The molecule has 59 heavy (non-hydrogen) atoms. The van der Waals surface area contributed by atoms with E-state index in [0.717, 1.165) is 32.6 Å². The average Bonchev–Trinajstić information content (AvgIpc) is 3.91. The molecule has 1 amide bonds. The van der Waals surface area contributed by atoms with Crippen molar-refractivity contribution in [2.45, 2.75) is 62.7 Å². The molecule has 11 nitrogen and oxygen atoms in total. The lowest BCUT2D eigenvalue weighted by Crippen LogP contribution is -2.51. The van der Waals surface area contributed by atoms with E-state index in [1.807, 2.05) is 101 Å². The third kappa shape index (κ3) is 7.24. The molecule has 2 aromatic heterocycles. The lowest BCUT2D eigenvalue weighted by molar-refractivity contribution is -0.146. The number of hydrogen-bond acceptors (Lipinski definition) is 8. The fraction of sp³-hybridized carbons (Fsp3) is 0.304. The molecule has 8 rings (SSSR count). The number of carbonyl (C=O) groups is 1. The van der Waals surface area contributed by atoms with Crippen molar-refractivity contribution in [3.8, 4) is 17.2 Å². The van der Waals surface area contributed by atoms with Gasteiger partial charge < -0.3 is 24.2 Å². The van der Waals surface area contributed by atoms with Crippen molar-refractivity contribution in [2.24, 2.45) is 5.92 Å². The minimum atomic E-state index is -2.41. The molecule has 0 aliphatic carbocycles. The van der Waals surface area contributed by atoms with Gasteiger partial charge in [0.1, 0.15) is 5.75 Å². The second-order valence-electron chi connectivity index (χ2n) is 16.0. The van der Waals surface area contributed by atoms with Crippen molar-refractivity contribution < 1.29 is 24.1 Å². The highest BCUT2D eigenvalue weighted by Crippen LogP contribution is 2.60. The van der Waals surface area contributed by atoms with E-state index in [4.69, 9.17) is 14.2 Å². The summed E-state index contributed by atoms with van der Waals surface area (Å²) in [4.78, 5) is 30.4. The summed E-state index contributed by atoms with van der Waals surface area (Å²) in [5.41, 5.74) is 3.35. The van der Waals surface area contributed by atoms with Crippen LogP contribution in [0.4, 0.5) is 5.69 Å². The number of anilines is 1. The van der Waals surface area contributed by atoms with Crippen molar-refractivity contribution in [3.05, 3.63) is 159 Å². The van der Waals surface area contributed by atoms with Crippen LogP contribution in [0.5, 0.6) is 11.5 Å². The monoisotopic (exact) mass is 873 g/mol. The molecule has 1 fully saturated rings. The van der Waals surface area contributed by atoms with E-state index in [2.05, 4.69) is 58.4 Å². The molecule has 0 bridgehead atoms. The number of rotatable bonds is 13. The minimum absolute atomic E-state index is 0.0207. The molecule has 4 heterocycles.